The molecule has 2 fully saturated rings. The summed E-state index contributed by atoms with van der Waals surface area (Å²) in [4.78, 5) is 11.7. The van der Waals surface area contributed by atoms with Crippen molar-refractivity contribution in [3.8, 4) is 0 Å². The fraction of sp³-hybridized carbons (Fsp3) is 0.909. The molecule has 0 aliphatic carbocycles. The quantitative estimate of drug-likeness (QED) is 0.713. The number of rotatable bonds is 3. The lowest BCUT2D eigenvalue weighted by molar-refractivity contribution is -0.124. The molecule has 0 saturated carbocycles. The third kappa shape index (κ3) is 3.18. The van der Waals surface area contributed by atoms with Crippen molar-refractivity contribution in [1.82, 2.24) is 10.6 Å². The first-order valence-electron chi connectivity index (χ1n) is 5.99. The van der Waals surface area contributed by atoms with Crippen molar-refractivity contribution < 1.29 is 9.53 Å². The van der Waals surface area contributed by atoms with Gasteiger partial charge in [-0.3, -0.25) is 4.79 Å². The predicted molar refractivity (Wildman–Crippen MR) is 57.6 cm³/mol. The maximum absolute atomic E-state index is 11.7. The van der Waals surface area contributed by atoms with E-state index in [0.717, 1.165) is 38.8 Å². The average molecular weight is 212 g/mol. The fourth-order valence-corrected chi connectivity index (χ4v) is 2.22. The fourth-order valence-electron chi connectivity index (χ4n) is 2.22. The highest BCUT2D eigenvalue weighted by Crippen LogP contribution is 2.11. The molecule has 0 spiro atoms. The molecule has 2 saturated heterocycles. The first-order chi connectivity index (χ1) is 7.36. The van der Waals surface area contributed by atoms with E-state index in [9.17, 15) is 4.79 Å². The zero-order chi connectivity index (χ0) is 10.5. The number of amides is 1. The Balaban J connectivity index is 1.66. The van der Waals surface area contributed by atoms with Gasteiger partial charge in [-0.2, -0.15) is 0 Å². The Kier molecular flexibility index (Phi) is 3.97. The lowest BCUT2D eigenvalue weighted by Crippen LogP contribution is -2.48. The first kappa shape index (κ1) is 10.9. The van der Waals surface area contributed by atoms with Gasteiger partial charge in [0.1, 0.15) is 0 Å². The Labute approximate surface area is 90.8 Å². The van der Waals surface area contributed by atoms with E-state index in [4.69, 9.17) is 4.74 Å². The standard InChI is InChI=1S/C11H20N2O2/c14-11(10-5-1-2-6-12-10)13-8-9-4-3-7-15-9/h9-10,12H,1-8H2,(H,13,14)/t9?,10-/m0/s1. The highest BCUT2D eigenvalue weighted by molar-refractivity contribution is 5.81. The average Bonchev–Trinajstić information content (AvgIpc) is 2.80. The van der Waals surface area contributed by atoms with Gasteiger partial charge in [0, 0.05) is 13.2 Å². The number of carbonyl (C=O) groups excluding carboxylic acids is 1. The van der Waals surface area contributed by atoms with Crippen LogP contribution >= 0.6 is 0 Å². The second-order valence-corrected chi connectivity index (χ2v) is 4.38. The van der Waals surface area contributed by atoms with E-state index in [-0.39, 0.29) is 18.1 Å². The molecule has 0 aromatic rings. The van der Waals surface area contributed by atoms with E-state index in [1.807, 2.05) is 0 Å². The summed E-state index contributed by atoms with van der Waals surface area (Å²) in [6, 6.07) is 0.0279. The molecule has 2 atom stereocenters. The zero-order valence-corrected chi connectivity index (χ0v) is 9.13. The van der Waals surface area contributed by atoms with E-state index in [2.05, 4.69) is 10.6 Å². The highest BCUT2D eigenvalue weighted by atomic mass is 16.5. The minimum Gasteiger partial charge on any atom is -0.376 e. The Morgan fingerprint density at radius 1 is 1.33 bits per heavy atom. The second kappa shape index (κ2) is 5.47. The van der Waals surface area contributed by atoms with Gasteiger partial charge in [-0.25, -0.2) is 0 Å². The minimum absolute atomic E-state index is 0.0279. The summed E-state index contributed by atoms with van der Waals surface area (Å²) in [6.07, 6.45) is 5.77. The molecule has 2 aliphatic heterocycles. The van der Waals surface area contributed by atoms with Crippen molar-refractivity contribution in [3.05, 3.63) is 0 Å². The number of carbonyl (C=O) groups is 1. The van der Waals surface area contributed by atoms with Gasteiger partial charge in [0.15, 0.2) is 0 Å². The number of nitrogens with one attached hydrogen (secondary N) is 2. The normalized spacial score (nSPS) is 31.5. The molecule has 2 rings (SSSR count). The monoisotopic (exact) mass is 212 g/mol. The summed E-state index contributed by atoms with van der Waals surface area (Å²) < 4.78 is 5.46. The van der Waals surface area contributed by atoms with Crippen LogP contribution in [0.2, 0.25) is 0 Å². The molecule has 15 heavy (non-hydrogen) atoms. The van der Waals surface area contributed by atoms with Gasteiger partial charge in [-0.1, -0.05) is 6.42 Å². The van der Waals surface area contributed by atoms with Gasteiger partial charge in [0.05, 0.1) is 12.1 Å². The van der Waals surface area contributed by atoms with Crippen molar-refractivity contribution in [2.75, 3.05) is 19.7 Å². The molecule has 0 aromatic carbocycles. The van der Waals surface area contributed by atoms with Crippen LogP contribution in [0.4, 0.5) is 0 Å². The van der Waals surface area contributed by atoms with E-state index < -0.39 is 0 Å². The topological polar surface area (TPSA) is 50.4 Å². The van der Waals surface area contributed by atoms with Crippen LogP contribution in [0.1, 0.15) is 32.1 Å². The summed E-state index contributed by atoms with van der Waals surface area (Å²) in [5, 5.41) is 6.21. The lowest BCUT2D eigenvalue weighted by Gasteiger charge is -2.23. The smallest absolute Gasteiger partial charge is 0.237 e. The van der Waals surface area contributed by atoms with Crippen molar-refractivity contribution in [1.29, 1.82) is 0 Å². The van der Waals surface area contributed by atoms with Crippen LogP contribution in [0, 0.1) is 0 Å². The molecule has 2 N–H and O–H groups in total. The predicted octanol–water partition coefficient (Wildman–Crippen LogP) is 0.424. The third-order valence-electron chi connectivity index (χ3n) is 3.15. The molecule has 4 nitrogen and oxygen atoms in total. The Hall–Kier alpha value is -0.610. The molecular weight excluding hydrogens is 192 g/mol. The van der Waals surface area contributed by atoms with Crippen molar-refractivity contribution in [3.63, 3.8) is 0 Å². The maximum atomic E-state index is 11.7. The van der Waals surface area contributed by atoms with Crippen LogP contribution in [-0.4, -0.2) is 37.7 Å². The number of hydrogen-bond donors (Lipinski definition) is 2. The largest absolute Gasteiger partial charge is 0.376 e. The van der Waals surface area contributed by atoms with E-state index in [1.165, 1.54) is 6.42 Å². The van der Waals surface area contributed by atoms with Gasteiger partial charge < -0.3 is 15.4 Å². The molecule has 1 amide bonds. The lowest BCUT2D eigenvalue weighted by atomic mass is 10.0. The summed E-state index contributed by atoms with van der Waals surface area (Å²) >= 11 is 0. The molecule has 0 radical (unpaired) electrons. The van der Waals surface area contributed by atoms with Crippen LogP contribution in [-0.2, 0) is 9.53 Å². The van der Waals surface area contributed by atoms with Crippen molar-refractivity contribution in [2.24, 2.45) is 0 Å². The molecule has 2 aliphatic rings. The number of ether oxygens (including phenoxy) is 1. The Bertz CT molecular complexity index is 209. The molecule has 0 aromatic heterocycles. The van der Waals surface area contributed by atoms with Crippen LogP contribution in [0.25, 0.3) is 0 Å². The number of piperidine rings is 1. The Morgan fingerprint density at radius 3 is 2.93 bits per heavy atom. The molecular formula is C11H20N2O2. The third-order valence-corrected chi connectivity index (χ3v) is 3.15. The van der Waals surface area contributed by atoms with Crippen LogP contribution in [0.3, 0.4) is 0 Å². The summed E-state index contributed by atoms with van der Waals surface area (Å²) in [5.41, 5.74) is 0. The van der Waals surface area contributed by atoms with Gasteiger partial charge >= 0.3 is 0 Å². The summed E-state index contributed by atoms with van der Waals surface area (Å²) in [7, 11) is 0. The minimum atomic E-state index is 0.0279. The van der Waals surface area contributed by atoms with Crippen molar-refractivity contribution in [2.45, 2.75) is 44.2 Å². The Morgan fingerprint density at radius 2 is 2.27 bits per heavy atom. The maximum Gasteiger partial charge on any atom is 0.237 e. The van der Waals surface area contributed by atoms with E-state index >= 15 is 0 Å². The highest BCUT2D eigenvalue weighted by Gasteiger charge is 2.22. The SMILES string of the molecule is O=C(NCC1CCCO1)[C@@H]1CCCCN1. The van der Waals surface area contributed by atoms with Crippen LogP contribution in [0.5, 0.6) is 0 Å². The number of hydrogen-bond acceptors (Lipinski definition) is 3. The zero-order valence-electron chi connectivity index (χ0n) is 9.13. The van der Waals surface area contributed by atoms with E-state index in [0.29, 0.717) is 6.54 Å². The van der Waals surface area contributed by atoms with Crippen molar-refractivity contribution >= 4 is 5.91 Å². The molecule has 1 unspecified atom stereocenters. The summed E-state index contributed by atoms with van der Waals surface area (Å²) in [5.74, 6) is 0.144. The summed E-state index contributed by atoms with van der Waals surface area (Å²) in [6.45, 7) is 2.50. The molecule has 86 valence electrons. The molecule has 2 heterocycles. The molecule has 0 bridgehead atoms. The molecule has 4 heteroatoms. The van der Waals surface area contributed by atoms with Gasteiger partial charge in [-0.05, 0) is 32.2 Å². The second-order valence-electron chi connectivity index (χ2n) is 4.38. The van der Waals surface area contributed by atoms with Gasteiger partial charge in [-0.15, -0.1) is 0 Å². The van der Waals surface area contributed by atoms with Gasteiger partial charge in [0.2, 0.25) is 5.91 Å². The van der Waals surface area contributed by atoms with Crippen LogP contribution < -0.4 is 10.6 Å². The van der Waals surface area contributed by atoms with E-state index in [1.54, 1.807) is 0 Å². The van der Waals surface area contributed by atoms with Crippen LogP contribution in [0.15, 0.2) is 0 Å². The van der Waals surface area contributed by atoms with Gasteiger partial charge in [0.25, 0.3) is 0 Å². The first-order valence-corrected chi connectivity index (χ1v) is 5.99.